The summed E-state index contributed by atoms with van der Waals surface area (Å²) in [4.78, 5) is 12.9. The van der Waals surface area contributed by atoms with Gasteiger partial charge in [0.1, 0.15) is 5.76 Å². The van der Waals surface area contributed by atoms with E-state index in [0.29, 0.717) is 5.91 Å². The Morgan fingerprint density at radius 3 is 2.45 bits per heavy atom. The lowest BCUT2D eigenvalue weighted by molar-refractivity contribution is -0.147. The Labute approximate surface area is 132 Å². The van der Waals surface area contributed by atoms with Gasteiger partial charge in [0.25, 0.3) is 0 Å². The fourth-order valence-electron chi connectivity index (χ4n) is 5.65. The van der Waals surface area contributed by atoms with Crippen LogP contribution in [0.25, 0.3) is 0 Å². The van der Waals surface area contributed by atoms with Crippen molar-refractivity contribution in [2.75, 3.05) is 0 Å². The summed E-state index contributed by atoms with van der Waals surface area (Å²) >= 11 is 0. The zero-order valence-electron chi connectivity index (χ0n) is 13.5. The minimum absolute atomic E-state index is 0.0201. The molecular weight excluding hydrogens is 274 g/mol. The number of furan rings is 1. The number of amides is 1. The maximum absolute atomic E-state index is 12.9. The van der Waals surface area contributed by atoms with Crippen LogP contribution in [0, 0.1) is 23.2 Å². The molecule has 0 spiro atoms. The molecule has 1 N–H and O–H groups in total. The van der Waals surface area contributed by atoms with E-state index in [2.05, 4.69) is 12.2 Å². The van der Waals surface area contributed by atoms with Gasteiger partial charge in [-0.2, -0.15) is 0 Å². The molecule has 4 bridgehead atoms. The van der Waals surface area contributed by atoms with Gasteiger partial charge < -0.3 is 9.73 Å². The van der Waals surface area contributed by atoms with Crippen molar-refractivity contribution in [1.82, 2.24) is 5.32 Å². The molecule has 5 rings (SSSR count). The first-order chi connectivity index (χ1) is 10.6. The zero-order valence-corrected chi connectivity index (χ0v) is 13.5. The number of hydrogen-bond acceptors (Lipinski definition) is 2. The van der Waals surface area contributed by atoms with E-state index in [0.717, 1.165) is 55.6 Å². The molecule has 0 saturated heterocycles. The maximum atomic E-state index is 12.9. The van der Waals surface area contributed by atoms with Gasteiger partial charge in [-0.25, -0.2) is 0 Å². The number of nitrogens with one attached hydrogen (secondary N) is 1. The molecule has 1 unspecified atom stereocenters. The normalized spacial score (nSPS) is 37.2. The standard InChI is InChI=1S/C19H27NO2/c1-13(4-5-17-3-2-6-22-17)20-18(21)19-10-14-7-15(11-19)9-16(8-14)12-19/h2-3,6,13-16H,4-5,7-12H2,1H3,(H,20,21). The minimum atomic E-state index is -0.0201. The molecule has 4 aliphatic carbocycles. The molecule has 0 aliphatic heterocycles. The molecule has 1 heterocycles. The Bertz CT molecular complexity index is 498. The SMILES string of the molecule is CC(CCc1ccco1)NC(=O)C12CC3CC(CC(C3)C1)C2. The van der Waals surface area contributed by atoms with E-state index in [9.17, 15) is 4.79 Å². The van der Waals surface area contributed by atoms with Gasteiger partial charge in [0.15, 0.2) is 0 Å². The summed E-state index contributed by atoms with van der Waals surface area (Å²) in [6.07, 6.45) is 11.2. The van der Waals surface area contributed by atoms with Crippen molar-refractivity contribution >= 4 is 5.91 Å². The van der Waals surface area contributed by atoms with Gasteiger partial charge in [-0.3, -0.25) is 4.79 Å². The van der Waals surface area contributed by atoms with Crippen LogP contribution in [0.2, 0.25) is 0 Å². The monoisotopic (exact) mass is 301 g/mol. The molecule has 1 aromatic rings. The van der Waals surface area contributed by atoms with Gasteiger partial charge >= 0.3 is 0 Å². The van der Waals surface area contributed by atoms with Gasteiger partial charge in [-0.15, -0.1) is 0 Å². The molecule has 22 heavy (non-hydrogen) atoms. The van der Waals surface area contributed by atoms with E-state index in [4.69, 9.17) is 4.42 Å². The highest BCUT2D eigenvalue weighted by molar-refractivity contribution is 5.83. The van der Waals surface area contributed by atoms with Crippen LogP contribution in [-0.2, 0) is 11.2 Å². The average molecular weight is 301 g/mol. The largest absolute Gasteiger partial charge is 0.469 e. The Balaban J connectivity index is 1.35. The lowest BCUT2D eigenvalue weighted by Crippen LogP contribution is -2.54. The second-order valence-corrected chi connectivity index (χ2v) is 8.19. The molecule has 0 radical (unpaired) electrons. The number of aryl methyl sites for hydroxylation is 1. The van der Waals surface area contributed by atoms with E-state index in [1.54, 1.807) is 6.26 Å². The van der Waals surface area contributed by atoms with Gasteiger partial charge in [-0.05, 0) is 81.8 Å². The fraction of sp³-hybridized carbons (Fsp3) is 0.737. The first-order valence-electron chi connectivity index (χ1n) is 8.96. The predicted molar refractivity (Wildman–Crippen MR) is 85.2 cm³/mol. The highest BCUT2D eigenvalue weighted by Gasteiger charge is 2.54. The fourth-order valence-corrected chi connectivity index (χ4v) is 5.65. The third kappa shape index (κ3) is 2.59. The summed E-state index contributed by atoms with van der Waals surface area (Å²) < 4.78 is 5.38. The van der Waals surface area contributed by atoms with E-state index >= 15 is 0 Å². The average Bonchev–Trinajstić information content (AvgIpc) is 2.97. The highest BCUT2D eigenvalue weighted by atomic mass is 16.3. The van der Waals surface area contributed by atoms with E-state index < -0.39 is 0 Å². The van der Waals surface area contributed by atoms with Crippen molar-refractivity contribution in [3.63, 3.8) is 0 Å². The van der Waals surface area contributed by atoms with Gasteiger partial charge in [0.2, 0.25) is 5.91 Å². The predicted octanol–water partition coefficient (Wildman–Crippen LogP) is 3.93. The molecule has 3 heteroatoms. The summed E-state index contributed by atoms with van der Waals surface area (Å²) in [5.74, 6) is 3.84. The zero-order chi connectivity index (χ0) is 15.2. The Kier molecular flexibility index (Phi) is 3.54. The summed E-state index contributed by atoms with van der Waals surface area (Å²) in [5, 5.41) is 3.32. The number of carbonyl (C=O) groups excluding carboxylic acids is 1. The van der Waals surface area contributed by atoms with Crippen molar-refractivity contribution in [2.45, 2.75) is 64.3 Å². The van der Waals surface area contributed by atoms with Gasteiger partial charge in [0.05, 0.1) is 6.26 Å². The molecule has 1 aromatic heterocycles. The van der Waals surface area contributed by atoms with Crippen LogP contribution in [-0.4, -0.2) is 11.9 Å². The summed E-state index contributed by atoms with van der Waals surface area (Å²) in [7, 11) is 0. The van der Waals surface area contributed by atoms with Crippen LogP contribution in [0.1, 0.15) is 57.6 Å². The second-order valence-electron chi connectivity index (χ2n) is 8.19. The number of hydrogen-bond donors (Lipinski definition) is 1. The quantitative estimate of drug-likeness (QED) is 0.895. The molecular formula is C19H27NO2. The van der Waals surface area contributed by atoms with Crippen LogP contribution in [0.5, 0.6) is 0 Å². The van der Waals surface area contributed by atoms with Crippen LogP contribution < -0.4 is 5.32 Å². The molecule has 4 fully saturated rings. The van der Waals surface area contributed by atoms with E-state index in [-0.39, 0.29) is 11.5 Å². The first-order valence-corrected chi connectivity index (χ1v) is 8.96. The lowest BCUT2D eigenvalue weighted by atomic mass is 9.49. The van der Waals surface area contributed by atoms with Crippen molar-refractivity contribution < 1.29 is 9.21 Å². The Morgan fingerprint density at radius 1 is 1.27 bits per heavy atom. The van der Waals surface area contributed by atoms with Crippen LogP contribution in [0.15, 0.2) is 22.8 Å². The maximum Gasteiger partial charge on any atom is 0.226 e. The minimum Gasteiger partial charge on any atom is -0.469 e. The van der Waals surface area contributed by atoms with Crippen LogP contribution in [0.3, 0.4) is 0 Å². The summed E-state index contributed by atoms with van der Waals surface area (Å²) in [6, 6.07) is 4.16. The number of rotatable bonds is 5. The summed E-state index contributed by atoms with van der Waals surface area (Å²) in [6.45, 7) is 2.13. The Morgan fingerprint density at radius 2 is 1.91 bits per heavy atom. The first kappa shape index (κ1) is 14.3. The molecule has 3 nitrogen and oxygen atoms in total. The van der Waals surface area contributed by atoms with E-state index in [1.807, 2.05) is 12.1 Å². The molecule has 0 aromatic carbocycles. The van der Waals surface area contributed by atoms with Crippen molar-refractivity contribution in [2.24, 2.45) is 23.2 Å². The molecule has 4 saturated carbocycles. The Hall–Kier alpha value is -1.25. The molecule has 1 atom stereocenters. The van der Waals surface area contributed by atoms with Crippen molar-refractivity contribution in [1.29, 1.82) is 0 Å². The third-order valence-electron chi connectivity index (χ3n) is 6.30. The van der Waals surface area contributed by atoms with Crippen LogP contribution in [0.4, 0.5) is 0 Å². The van der Waals surface area contributed by atoms with Gasteiger partial charge in [-0.1, -0.05) is 0 Å². The third-order valence-corrected chi connectivity index (χ3v) is 6.30. The lowest BCUT2D eigenvalue weighted by Gasteiger charge is -2.55. The number of carbonyl (C=O) groups is 1. The van der Waals surface area contributed by atoms with Crippen molar-refractivity contribution in [3.8, 4) is 0 Å². The van der Waals surface area contributed by atoms with E-state index in [1.165, 1.54) is 19.3 Å². The molecule has 4 aliphatic rings. The smallest absolute Gasteiger partial charge is 0.226 e. The second kappa shape index (κ2) is 5.43. The van der Waals surface area contributed by atoms with Gasteiger partial charge in [0, 0.05) is 17.9 Å². The van der Waals surface area contributed by atoms with Crippen LogP contribution >= 0.6 is 0 Å². The highest BCUT2D eigenvalue weighted by Crippen LogP contribution is 2.60. The molecule has 120 valence electrons. The topological polar surface area (TPSA) is 42.2 Å². The van der Waals surface area contributed by atoms with Crippen molar-refractivity contribution in [3.05, 3.63) is 24.2 Å². The summed E-state index contributed by atoms with van der Waals surface area (Å²) in [5.41, 5.74) is -0.0201. The molecule has 1 amide bonds.